The van der Waals surface area contributed by atoms with Gasteiger partial charge in [-0.3, -0.25) is 4.98 Å². The molecule has 152 valence electrons. The third-order valence-corrected chi connectivity index (χ3v) is 5.37. The highest BCUT2D eigenvalue weighted by atomic mass is 16.4. The van der Waals surface area contributed by atoms with Crippen LogP contribution in [0.2, 0.25) is 0 Å². The highest BCUT2D eigenvalue weighted by Crippen LogP contribution is 2.35. The number of hydrogen-bond acceptors (Lipinski definition) is 5. The van der Waals surface area contributed by atoms with Gasteiger partial charge in [0, 0.05) is 24.0 Å². The van der Waals surface area contributed by atoms with Gasteiger partial charge >= 0.3 is 11.8 Å². The number of amides is 1. The van der Waals surface area contributed by atoms with Crippen molar-refractivity contribution in [1.29, 1.82) is 0 Å². The number of aromatic nitrogens is 4. The van der Waals surface area contributed by atoms with Gasteiger partial charge in [-0.15, -0.1) is 0 Å². The largest absolute Gasteiger partial charge is 0.465 e. The molecule has 2 atom stereocenters. The molecule has 1 saturated heterocycles. The smallest absolute Gasteiger partial charge is 0.407 e. The lowest BCUT2D eigenvalue weighted by atomic mass is 9.85. The highest BCUT2D eigenvalue weighted by molar-refractivity contribution is 5.94. The molecule has 0 saturated carbocycles. The van der Waals surface area contributed by atoms with Crippen molar-refractivity contribution in [1.82, 2.24) is 25.1 Å². The Morgan fingerprint density at radius 3 is 2.69 bits per heavy atom. The number of likely N-dealkylation sites (tertiary alicyclic amines) is 1. The zero-order valence-corrected chi connectivity index (χ0v) is 16.6. The number of rotatable bonds is 3. The Kier molecular flexibility index (Phi) is 4.52. The molecular formula is C20H24N6O3. The van der Waals surface area contributed by atoms with Crippen molar-refractivity contribution in [3.8, 4) is 11.5 Å². The predicted molar refractivity (Wildman–Crippen MR) is 110 cm³/mol. The molecule has 3 aromatic rings. The molecule has 1 aliphatic rings. The van der Waals surface area contributed by atoms with Gasteiger partial charge in [-0.1, -0.05) is 45.0 Å². The quantitative estimate of drug-likeness (QED) is 0.539. The standard InChI is InChI=1S/C20H24N6O3/c1-20(2,3)15-9-12(10-26(15)19(28)29)21-16-13-7-5-4-6-11(13)8-14(22-16)17-23-18(27)25-24-17/h4-8,12,15H,9-10H2,1-3H3,(H,21,22)(H,28,29)(H2,23,24,25,27). The van der Waals surface area contributed by atoms with Gasteiger partial charge in [0.1, 0.15) is 11.5 Å². The van der Waals surface area contributed by atoms with Gasteiger partial charge in [-0.2, -0.15) is 5.10 Å². The average Bonchev–Trinajstić information content (AvgIpc) is 3.28. The number of nitrogens with one attached hydrogen (secondary N) is 3. The molecule has 3 heterocycles. The van der Waals surface area contributed by atoms with Gasteiger partial charge in [0.2, 0.25) is 0 Å². The topological polar surface area (TPSA) is 127 Å². The van der Waals surface area contributed by atoms with Crippen molar-refractivity contribution < 1.29 is 9.90 Å². The van der Waals surface area contributed by atoms with Crippen molar-refractivity contribution in [2.75, 3.05) is 11.9 Å². The summed E-state index contributed by atoms with van der Waals surface area (Å²) in [5.41, 5.74) is -0.0314. The minimum absolute atomic E-state index is 0.0697. The first-order chi connectivity index (χ1) is 13.7. The van der Waals surface area contributed by atoms with E-state index in [-0.39, 0.29) is 17.5 Å². The molecule has 0 aliphatic carbocycles. The second-order valence-electron chi connectivity index (χ2n) is 8.50. The molecule has 2 aromatic heterocycles. The monoisotopic (exact) mass is 396 g/mol. The van der Waals surface area contributed by atoms with Gasteiger partial charge in [0.25, 0.3) is 0 Å². The summed E-state index contributed by atoms with van der Waals surface area (Å²) in [6.45, 7) is 6.55. The fourth-order valence-electron chi connectivity index (χ4n) is 3.99. The highest BCUT2D eigenvalue weighted by Gasteiger charge is 2.41. The molecule has 4 N–H and O–H groups in total. The molecule has 1 aliphatic heterocycles. The van der Waals surface area contributed by atoms with E-state index in [1.54, 1.807) is 0 Å². The van der Waals surface area contributed by atoms with E-state index in [1.807, 2.05) is 30.3 Å². The van der Waals surface area contributed by atoms with E-state index in [1.165, 1.54) is 4.90 Å². The van der Waals surface area contributed by atoms with Gasteiger partial charge < -0.3 is 15.3 Å². The SMILES string of the molecule is CC(C)(C)C1CC(Nc2nc(-c3n[nH]c(=O)[nH]3)cc3ccccc23)CN1C(=O)O. The third kappa shape index (κ3) is 3.67. The van der Waals surface area contributed by atoms with E-state index in [9.17, 15) is 14.7 Å². The van der Waals surface area contributed by atoms with Gasteiger partial charge in [0.05, 0.1) is 0 Å². The van der Waals surface area contributed by atoms with Crippen LogP contribution in [0.4, 0.5) is 10.6 Å². The minimum Gasteiger partial charge on any atom is -0.465 e. The van der Waals surface area contributed by atoms with E-state index in [2.05, 4.69) is 46.3 Å². The van der Waals surface area contributed by atoms with Crippen molar-refractivity contribution in [3.05, 3.63) is 40.8 Å². The molecule has 2 unspecified atom stereocenters. The first-order valence-corrected chi connectivity index (χ1v) is 9.53. The van der Waals surface area contributed by atoms with E-state index < -0.39 is 11.8 Å². The third-order valence-electron chi connectivity index (χ3n) is 5.37. The van der Waals surface area contributed by atoms with Crippen molar-refractivity contribution >= 4 is 22.7 Å². The summed E-state index contributed by atoms with van der Waals surface area (Å²) in [7, 11) is 0. The van der Waals surface area contributed by atoms with Crippen LogP contribution in [0.3, 0.4) is 0 Å². The van der Waals surface area contributed by atoms with E-state index in [0.717, 1.165) is 10.8 Å². The zero-order chi connectivity index (χ0) is 20.8. The molecule has 1 aromatic carbocycles. The van der Waals surface area contributed by atoms with Crippen molar-refractivity contribution in [2.24, 2.45) is 5.41 Å². The first-order valence-electron chi connectivity index (χ1n) is 9.53. The van der Waals surface area contributed by atoms with Gasteiger partial charge in [-0.25, -0.2) is 19.7 Å². The Hall–Kier alpha value is -3.36. The van der Waals surface area contributed by atoms with Crippen molar-refractivity contribution in [2.45, 2.75) is 39.3 Å². The lowest BCUT2D eigenvalue weighted by molar-refractivity contribution is 0.106. The summed E-state index contributed by atoms with van der Waals surface area (Å²) in [5, 5.41) is 21.3. The van der Waals surface area contributed by atoms with E-state index in [0.29, 0.717) is 30.3 Å². The Morgan fingerprint density at radius 1 is 1.31 bits per heavy atom. The lowest BCUT2D eigenvalue weighted by Crippen LogP contribution is -2.42. The summed E-state index contributed by atoms with van der Waals surface area (Å²) in [5.74, 6) is 1.00. The number of carbonyl (C=O) groups is 1. The Bertz CT molecular complexity index is 1110. The molecule has 9 nitrogen and oxygen atoms in total. The molecule has 1 amide bonds. The van der Waals surface area contributed by atoms with Crippen LogP contribution >= 0.6 is 0 Å². The molecule has 9 heteroatoms. The second kappa shape index (κ2) is 6.91. The van der Waals surface area contributed by atoms with Crippen LogP contribution in [0.1, 0.15) is 27.2 Å². The number of aromatic amines is 2. The fourth-order valence-corrected chi connectivity index (χ4v) is 3.99. The number of hydrogen-bond donors (Lipinski definition) is 4. The molecule has 29 heavy (non-hydrogen) atoms. The zero-order valence-electron chi connectivity index (χ0n) is 16.6. The minimum atomic E-state index is -0.908. The van der Waals surface area contributed by atoms with Crippen LogP contribution in [-0.4, -0.2) is 54.9 Å². The maximum absolute atomic E-state index is 11.7. The predicted octanol–water partition coefficient (Wildman–Crippen LogP) is 2.89. The molecule has 0 radical (unpaired) electrons. The van der Waals surface area contributed by atoms with Crippen LogP contribution in [0.5, 0.6) is 0 Å². The van der Waals surface area contributed by atoms with Gasteiger partial charge in [0.15, 0.2) is 5.82 Å². The second-order valence-corrected chi connectivity index (χ2v) is 8.50. The summed E-state index contributed by atoms with van der Waals surface area (Å²) in [4.78, 5) is 32.0. The normalized spacial score (nSPS) is 19.6. The lowest BCUT2D eigenvalue weighted by Gasteiger charge is -2.32. The molecule has 1 fully saturated rings. The number of benzene rings is 1. The van der Waals surface area contributed by atoms with Crippen LogP contribution in [0, 0.1) is 5.41 Å². The number of anilines is 1. The maximum atomic E-state index is 11.7. The number of pyridine rings is 1. The Balaban J connectivity index is 1.70. The number of nitrogens with zero attached hydrogens (tertiary/aromatic N) is 3. The van der Waals surface area contributed by atoms with Crippen LogP contribution in [0.15, 0.2) is 35.1 Å². The Morgan fingerprint density at radius 2 is 2.07 bits per heavy atom. The van der Waals surface area contributed by atoms with E-state index >= 15 is 0 Å². The summed E-state index contributed by atoms with van der Waals surface area (Å²) in [6.07, 6.45) is -0.218. The summed E-state index contributed by atoms with van der Waals surface area (Å²) >= 11 is 0. The van der Waals surface area contributed by atoms with E-state index in [4.69, 9.17) is 0 Å². The number of H-pyrrole nitrogens is 2. The average molecular weight is 396 g/mol. The molecular weight excluding hydrogens is 372 g/mol. The Labute approximate surface area is 167 Å². The fraction of sp³-hybridized carbons (Fsp3) is 0.400. The van der Waals surface area contributed by atoms with Gasteiger partial charge in [-0.05, 0) is 23.3 Å². The summed E-state index contributed by atoms with van der Waals surface area (Å²) in [6, 6.07) is 9.50. The molecule has 4 rings (SSSR count). The van der Waals surface area contributed by atoms with Crippen LogP contribution in [-0.2, 0) is 0 Å². The first kappa shape index (κ1) is 19.0. The molecule has 0 bridgehead atoms. The van der Waals surface area contributed by atoms with Crippen LogP contribution < -0.4 is 11.0 Å². The van der Waals surface area contributed by atoms with Crippen LogP contribution in [0.25, 0.3) is 22.3 Å². The number of carboxylic acid groups (broad SMARTS) is 1. The number of fused-ring (bicyclic) bond motifs is 1. The molecule has 0 spiro atoms. The summed E-state index contributed by atoms with van der Waals surface area (Å²) < 4.78 is 0. The maximum Gasteiger partial charge on any atom is 0.407 e. The van der Waals surface area contributed by atoms with Crippen molar-refractivity contribution in [3.63, 3.8) is 0 Å².